The van der Waals surface area contributed by atoms with Gasteiger partial charge in [-0.05, 0) is 38.0 Å². The molecule has 0 unspecified atom stereocenters. The highest BCUT2D eigenvalue weighted by Gasteiger charge is 2.43. The molecule has 1 heterocycles. The number of carbonyl (C=O) groups excluding carboxylic acids is 4. The van der Waals surface area contributed by atoms with E-state index in [1.165, 1.54) is 12.1 Å². The second kappa shape index (κ2) is 8.61. The highest BCUT2D eigenvalue weighted by molar-refractivity contribution is 6.06. The summed E-state index contributed by atoms with van der Waals surface area (Å²) in [5, 5.41) is 5.10. The van der Waals surface area contributed by atoms with Crippen LogP contribution in [0.25, 0.3) is 0 Å². The highest BCUT2D eigenvalue weighted by Crippen LogP contribution is 2.17. The van der Waals surface area contributed by atoms with Crippen LogP contribution in [0.4, 0.5) is 9.18 Å². The van der Waals surface area contributed by atoms with Crippen LogP contribution in [0.3, 0.4) is 0 Å². The molecule has 1 aliphatic heterocycles. The standard InChI is InChI=1S/C18H22FN3O5/c1-18(2)16(25)22(17(26)21-18)9-3-4-15(24)27-11-14(23)20-10-12-5-7-13(19)8-6-12/h5-8H,3-4,9-11H2,1-2H3,(H,20,23)(H,21,26). The largest absolute Gasteiger partial charge is 0.456 e. The molecule has 2 N–H and O–H groups in total. The fourth-order valence-corrected chi connectivity index (χ4v) is 2.47. The van der Waals surface area contributed by atoms with Crippen LogP contribution in [-0.2, 0) is 25.7 Å². The van der Waals surface area contributed by atoms with Crippen molar-refractivity contribution in [3.63, 3.8) is 0 Å². The Morgan fingerprint density at radius 3 is 2.48 bits per heavy atom. The van der Waals surface area contributed by atoms with Gasteiger partial charge < -0.3 is 15.4 Å². The second-order valence-electron chi connectivity index (χ2n) is 6.68. The normalized spacial score (nSPS) is 15.4. The number of imide groups is 1. The monoisotopic (exact) mass is 379 g/mol. The van der Waals surface area contributed by atoms with Crippen LogP contribution >= 0.6 is 0 Å². The van der Waals surface area contributed by atoms with Crippen LogP contribution < -0.4 is 10.6 Å². The Hall–Kier alpha value is -2.97. The maximum absolute atomic E-state index is 12.8. The van der Waals surface area contributed by atoms with E-state index in [9.17, 15) is 23.6 Å². The lowest BCUT2D eigenvalue weighted by molar-refractivity contribution is -0.148. The van der Waals surface area contributed by atoms with Gasteiger partial charge in [-0.2, -0.15) is 0 Å². The zero-order valence-corrected chi connectivity index (χ0v) is 15.2. The van der Waals surface area contributed by atoms with E-state index in [2.05, 4.69) is 10.6 Å². The number of ether oxygens (including phenoxy) is 1. The predicted molar refractivity (Wildman–Crippen MR) is 92.8 cm³/mol. The highest BCUT2D eigenvalue weighted by atomic mass is 19.1. The Morgan fingerprint density at radius 1 is 1.22 bits per heavy atom. The summed E-state index contributed by atoms with van der Waals surface area (Å²) in [6.45, 7) is 3.06. The molecule has 0 bridgehead atoms. The summed E-state index contributed by atoms with van der Waals surface area (Å²) in [6.07, 6.45) is 0.216. The SMILES string of the molecule is CC1(C)NC(=O)N(CCCC(=O)OCC(=O)NCc2ccc(F)cc2)C1=O. The zero-order valence-electron chi connectivity index (χ0n) is 15.2. The molecule has 0 spiro atoms. The van der Waals surface area contributed by atoms with Gasteiger partial charge in [0.05, 0.1) is 0 Å². The van der Waals surface area contributed by atoms with Gasteiger partial charge in [0.2, 0.25) is 0 Å². The average molecular weight is 379 g/mol. The topological polar surface area (TPSA) is 105 Å². The third-order valence-electron chi connectivity index (χ3n) is 3.97. The summed E-state index contributed by atoms with van der Waals surface area (Å²) in [5.41, 5.74) is -0.229. The van der Waals surface area contributed by atoms with E-state index in [4.69, 9.17) is 4.74 Å². The second-order valence-corrected chi connectivity index (χ2v) is 6.68. The van der Waals surface area contributed by atoms with E-state index in [-0.39, 0.29) is 37.7 Å². The molecule has 1 aromatic rings. The first-order valence-corrected chi connectivity index (χ1v) is 8.50. The molecular weight excluding hydrogens is 357 g/mol. The van der Waals surface area contributed by atoms with E-state index >= 15 is 0 Å². The molecule has 8 nitrogen and oxygen atoms in total. The maximum Gasteiger partial charge on any atom is 0.325 e. The lowest BCUT2D eigenvalue weighted by Crippen LogP contribution is -2.40. The lowest BCUT2D eigenvalue weighted by Gasteiger charge is -2.15. The average Bonchev–Trinajstić information content (AvgIpc) is 2.81. The first kappa shape index (κ1) is 20.3. The molecule has 1 fully saturated rings. The number of hydrogen-bond donors (Lipinski definition) is 2. The number of urea groups is 1. The van der Waals surface area contributed by atoms with E-state index in [0.717, 1.165) is 4.90 Å². The molecule has 1 saturated heterocycles. The molecule has 1 aromatic carbocycles. The van der Waals surface area contributed by atoms with E-state index in [1.807, 2.05) is 0 Å². The van der Waals surface area contributed by atoms with Crippen LogP contribution in [0.2, 0.25) is 0 Å². The number of nitrogens with zero attached hydrogens (tertiary/aromatic N) is 1. The molecule has 1 aliphatic rings. The number of nitrogens with one attached hydrogen (secondary N) is 2. The number of carbonyl (C=O) groups is 4. The molecule has 9 heteroatoms. The Bertz CT molecular complexity index is 733. The first-order valence-electron chi connectivity index (χ1n) is 8.50. The molecule has 4 amide bonds. The van der Waals surface area contributed by atoms with Crippen molar-refractivity contribution in [1.29, 1.82) is 0 Å². The number of amides is 4. The van der Waals surface area contributed by atoms with Gasteiger partial charge in [-0.3, -0.25) is 19.3 Å². The van der Waals surface area contributed by atoms with Crippen molar-refractivity contribution in [3.05, 3.63) is 35.6 Å². The summed E-state index contributed by atoms with van der Waals surface area (Å²) in [5.74, 6) is -1.79. The summed E-state index contributed by atoms with van der Waals surface area (Å²) in [6, 6.07) is 5.16. The fourth-order valence-electron chi connectivity index (χ4n) is 2.47. The number of esters is 1. The first-order chi connectivity index (χ1) is 12.7. The summed E-state index contributed by atoms with van der Waals surface area (Å²) >= 11 is 0. The van der Waals surface area contributed by atoms with Gasteiger partial charge in [0.1, 0.15) is 11.4 Å². The molecule has 0 atom stereocenters. The van der Waals surface area contributed by atoms with Gasteiger partial charge in [-0.15, -0.1) is 0 Å². The van der Waals surface area contributed by atoms with Gasteiger partial charge in [0.15, 0.2) is 6.61 Å². The third kappa shape index (κ3) is 5.77. The summed E-state index contributed by atoms with van der Waals surface area (Å²) < 4.78 is 17.6. The smallest absolute Gasteiger partial charge is 0.325 e. The molecule has 0 aliphatic carbocycles. The Kier molecular flexibility index (Phi) is 6.49. The van der Waals surface area contributed by atoms with Crippen LogP contribution in [0.5, 0.6) is 0 Å². The van der Waals surface area contributed by atoms with Crippen molar-refractivity contribution in [1.82, 2.24) is 15.5 Å². The third-order valence-corrected chi connectivity index (χ3v) is 3.97. The number of hydrogen-bond acceptors (Lipinski definition) is 5. The quantitative estimate of drug-likeness (QED) is 0.520. The number of rotatable bonds is 8. The van der Waals surface area contributed by atoms with E-state index in [1.54, 1.807) is 26.0 Å². The van der Waals surface area contributed by atoms with Gasteiger partial charge >= 0.3 is 12.0 Å². The Morgan fingerprint density at radius 2 is 1.89 bits per heavy atom. The van der Waals surface area contributed by atoms with E-state index in [0.29, 0.717) is 5.56 Å². The van der Waals surface area contributed by atoms with E-state index < -0.39 is 30.1 Å². The lowest BCUT2D eigenvalue weighted by atomic mass is 10.1. The van der Waals surface area contributed by atoms with Crippen molar-refractivity contribution in [2.24, 2.45) is 0 Å². The van der Waals surface area contributed by atoms with Crippen molar-refractivity contribution in [2.45, 2.75) is 38.8 Å². The Labute approximate surface area is 156 Å². The Balaban J connectivity index is 1.63. The molecule has 2 rings (SSSR count). The van der Waals surface area contributed by atoms with Crippen LogP contribution in [0, 0.1) is 5.82 Å². The minimum absolute atomic E-state index is 0.0251. The number of halogens is 1. The van der Waals surface area contributed by atoms with Crippen molar-refractivity contribution < 1.29 is 28.3 Å². The minimum atomic E-state index is -0.944. The van der Waals surface area contributed by atoms with Crippen LogP contribution in [0.15, 0.2) is 24.3 Å². The van der Waals surface area contributed by atoms with Crippen LogP contribution in [0.1, 0.15) is 32.3 Å². The van der Waals surface area contributed by atoms with Crippen molar-refractivity contribution in [3.8, 4) is 0 Å². The summed E-state index contributed by atoms with van der Waals surface area (Å²) in [4.78, 5) is 48.1. The fraction of sp³-hybridized carbons (Fsp3) is 0.444. The van der Waals surface area contributed by atoms with Gasteiger partial charge in [-0.1, -0.05) is 12.1 Å². The summed E-state index contributed by atoms with van der Waals surface area (Å²) in [7, 11) is 0. The maximum atomic E-state index is 12.8. The molecule has 0 aromatic heterocycles. The van der Waals surface area contributed by atoms with Crippen LogP contribution in [-0.4, -0.2) is 47.4 Å². The molecule has 0 radical (unpaired) electrons. The van der Waals surface area contributed by atoms with Gasteiger partial charge in [0.25, 0.3) is 11.8 Å². The van der Waals surface area contributed by atoms with Crippen molar-refractivity contribution in [2.75, 3.05) is 13.2 Å². The minimum Gasteiger partial charge on any atom is -0.456 e. The molecule has 146 valence electrons. The van der Waals surface area contributed by atoms with Gasteiger partial charge in [-0.25, -0.2) is 9.18 Å². The zero-order chi connectivity index (χ0) is 20.0. The van der Waals surface area contributed by atoms with Gasteiger partial charge in [0, 0.05) is 19.5 Å². The molecule has 27 heavy (non-hydrogen) atoms. The molecule has 0 saturated carbocycles. The molecular formula is C18H22FN3O5. The predicted octanol–water partition coefficient (Wildman–Crippen LogP) is 1.10. The van der Waals surface area contributed by atoms with Crippen molar-refractivity contribution >= 4 is 23.8 Å². The number of benzene rings is 1.